The highest BCUT2D eigenvalue weighted by molar-refractivity contribution is 5.87. The van der Waals surface area contributed by atoms with E-state index in [-0.39, 0.29) is 12.1 Å². The van der Waals surface area contributed by atoms with Crippen molar-refractivity contribution in [2.45, 2.75) is 6.54 Å². The summed E-state index contributed by atoms with van der Waals surface area (Å²) in [5.74, 6) is -1.37. The minimum absolute atomic E-state index is 0.112. The van der Waals surface area contributed by atoms with Gasteiger partial charge in [0.05, 0.1) is 12.1 Å². The molecule has 5 heteroatoms. The number of carbonyl (C=O) groups excluding carboxylic acids is 1. The first kappa shape index (κ1) is 11.2. The second kappa shape index (κ2) is 5.11. The van der Waals surface area contributed by atoms with Gasteiger partial charge in [-0.1, -0.05) is 12.1 Å². The number of carbonyl (C=O) groups is 2. The fourth-order valence-electron chi connectivity index (χ4n) is 1.10. The molecule has 0 fully saturated rings. The SMILES string of the molecule is NC(=O)CNCc1ccc(C(=O)O)cc1. The molecule has 1 amide bonds. The minimum Gasteiger partial charge on any atom is -0.478 e. The molecule has 0 atom stereocenters. The van der Waals surface area contributed by atoms with Gasteiger partial charge < -0.3 is 16.2 Å². The Balaban J connectivity index is 2.50. The number of benzene rings is 1. The van der Waals surface area contributed by atoms with E-state index < -0.39 is 11.9 Å². The first-order valence-corrected chi connectivity index (χ1v) is 4.41. The Morgan fingerprint density at radius 1 is 1.27 bits per heavy atom. The third-order valence-corrected chi connectivity index (χ3v) is 1.83. The number of carboxylic acids is 1. The molecule has 0 aliphatic rings. The third-order valence-electron chi connectivity index (χ3n) is 1.83. The molecule has 1 rings (SSSR count). The van der Waals surface area contributed by atoms with Gasteiger partial charge in [0.25, 0.3) is 0 Å². The molecule has 80 valence electrons. The van der Waals surface area contributed by atoms with Gasteiger partial charge in [-0.25, -0.2) is 4.79 Å². The lowest BCUT2D eigenvalue weighted by atomic mass is 10.1. The van der Waals surface area contributed by atoms with Crippen molar-refractivity contribution in [3.63, 3.8) is 0 Å². The van der Waals surface area contributed by atoms with Crippen LogP contribution in [0.4, 0.5) is 0 Å². The number of nitrogens with one attached hydrogen (secondary N) is 1. The number of nitrogens with two attached hydrogens (primary N) is 1. The summed E-state index contributed by atoms with van der Waals surface area (Å²) in [5.41, 5.74) is 6.09. The lowest BCUT2D eigenvalue weighted by Gasteiger charge is -2.02. The highest BCUT2D eigenvalue weighted by atomic mass is 16.4. The summed E-state index contributed by atoms with van der Waals surface area (Å²) < 4.78 is 0. The van der Waals surface area contributed by atoms with E-state index in [1.54, 1.807) is 12.1 Å². The zero-order valence-electron chi connectivity index (χ0n) is 8.06. The summed E-state index contributed by atoms with van der Waals surface area (Å²) in [6, 6.07) is 6.42. The van der Waals surface area contributed by atoms with Crippen LogP contribution in [0.5, 0.6) is 0 Å². The second-order valence-corrected chi connectivity index (χ2v) is 3.07. The van der Waals surface area contributed by atoms with Gasteiger partial charge >= 0.3 is 5.97 Å². The molecule has 0 bridgehead atoms. The summed E-state index contributed by atoms with van der Waals surface area (Å²) >= 11 is 0. The maximum absolute atomic E-state index is 10.5. The van der Waals surface area contributed by atoms with E-state index in [9.17, 15) is 9.59 Å². The van der Waals surface area contributed by atoms with Gasteiger partial charge in [0, 0.05) is 6.54 Å². The van der Waals surface area contributed by atoms with Gasteiger partial charge in [0.2, 0.25) is 5.91 Å². The molecule has 4 N–H and O–H groups in total. The Morgan fingerprint density at radius 2 is 1.87 bits per heavy atom. The monoisotopic (exact) mass is 208 g/mol. The first-order chi connectivity index (χ1) is 7.09. The van der Waals surface area contributed by atoms with Crippen molar-refractivity contribution in [1.82, 2.24) is 5.32 Å². The van der Waals surface area contributed by atoms with Gasteiger partial charge in [-0.2, -0.15) is 0 Å². The van der Waals surface area contributed by atoms with Crippen molar-refractivity contribution < 1.29 is 14.7 Å². The molecule has 0 spiro atoms. The highest BCUT2D eigenvalue weighted by Crippen LogP contribution is 2.03. The average molecular weight is 208 g/mol. The number of carboxylic acid groups (broad SMARTS) is 1. The summed E-state index contributed by atoms with van der Waals surface area (Å²) in [7, 11) is 0. The van der Waals surface area contributed by atoms with Crippen LogP contribution in [0.15, 0.2) is 24.3 Å². The third kappa shape index (κ3) is 3.78. The second-order valence-electron chi connectivity index (χ2n) is 3.07. The summed E-state index contributed by atoms with van der Waals surface area (Å²) in [4.78, 5) is 21.0. The van der Waals surface area contributed by atoms with Crippen LogP contribution in [-0.4, -0.2) is 23.5 Å². The van der Waals surface area contributed by atoms with Crippen molar-refractivity contribution in [2.75, 3.05) is 6.54 Å². The van der Waals surface area contributed by atoms with Crippen LogP contribution in [0.1, 0.15) is 15.9 Å². The molecule has 0 aliphatic carbocycles. The number of aromatic carboxylic acids is 1. The summed E-state index contributed by atoms with van der Waals surface area (Å²) in [5, 5.41) is 11.5. The standard InChI is InChI=1S/C10H12N2O3/c11-9(13)6-12-5-7-1-3-8(4-2-7)10(14)15/h1-4,12H,5-6H2,(H2,11,13)(H,14,15). The lowest BCUT2D eigenvalue weighted by Crippen LogP contribution is -2.28. The van der Waals surface area contributed by atoms with Crippen LogP contribution in [0.25, 0.3) is 0 Å². The van der Waals surface area contributed by atoms with Gasteiger partial charge in [0.15, 0.2) is 0 Å². The highest BCUT2D eigenvalue weighted by Gasteiger charge is 2.01. The van der Waals surface area contributed by atoms with E-state index in [2.05, 4.69) is 5.32 Å². The fourth-order valence-corrected chi connectivity index (χ4v) is 1.10. The van der Waals surface area contributed by atoms with Crippen LogP contribution in [0, 0.1) is 0 Å². The predicted octanol–water partition coefficient (Wildman–Crippen LogP) is -0.0403. The predicted molar refractivity (Wildman–Crippen MR) is 54.3 cm³/mol. The zero-order chi connectivity index (χ0) is 11.3. The molecule has 0 saturated heterocycles. The van der Waals surface area contributed by atoms with E-state index in [1.165, 1.54) is 12.1 Å². The van der Waals surface area contributed by atoms with Gasteiger partial charge in [-0.15, -0.1) is 0 Å². The lowest BCUT2D eigenvalue weighted by molar-refractivity contribution is -0.117. The average Bonchev–Trinajstić information content (AvgIpc) is 2.18. The quantitative estimate of drug-likeness (QED) is 0.633. The molecule has 0 radical (unpaired) electrons. The number of hydrogen-bond acceptors (Lipinski definition) is 3. The molecular formula is C10H12N2O3. The largest absolute Gasteiger partial charge is 0.478 e. The smallest absolute Gasteiger partial charge is 0.335 e. The van der Waals surface area contributed by atoms with Crippen molar-refractivity contribution in [3.05, 3.63) is 35.4 Å². The molecule has 1 aromatic carbocycles. The molecule has 5 nitrogen and oxygen atoms in total. The van der Waals surface area contributed by atoms with Crippen molar-refractivity contribution >= 4 is 11.9 Å². The van der Waals surface area contributed by atoms with Crippen molar-refractivity contribution in [2.24, 2.45) is 5.73 Å². The summed E-state index contributed by atoms with van der Waals surface area (Å²) in [6.07, 6.45) is 0. The molecule has 0 saturated carbocycles. The maximum atomic E-state index is 10.5. The van der Waals surface area contributed by atoms with Crippen molar-refractivity contribution in [1.29, 1.82) is 0 Å². The Labute approximate surface area is 86.9 Å². The molecule has 0 aromatic heterocycles. The van der Waals surface area contributed by atoms with Gasteiger partial charge in [-0.3, -0.25) is 4.79 Å². The Morgan fingerprint density at radius 3 is 2.33 bits per heavy atom. The van der Waals surface area contributed by atoms with Crippen LogP contribution >= 0.6 is 0 Å². The normalized spacial score (nSPS) is 9.87. The Bertz CT molecular complexity index is 359. The van der Waals surface area contributed by atoms with Gasteiger partial charge in [-0.05, 0) is 17.7 Å². The molecule has 0 unspecified atom stereocenters. The molecule has 0 aliphatic heterocycles. The number of amides is 1. The molecular weight excluding hydrogens is 196 g/mol. The topological polar surface area (TPSA) is 92.4 Å². The van der Waals surface area contributed by atoms with E-state index in [0.29, 0.717) is 6.54 Å². The molecule has 0 heterocycles. The molecule has 15 heavy (non-hydrogen) atoms. The van der Waals surface area contributed by atoms with Crippen LogP contribution < -0.4 is 11.1 Å². The van der Waals surface area contributed by atoms with Crippen LogP contribution in [-0.2, 0) is 11.3 Å². The van der Waals surface area contributed by atoms with E-state index in [4.69, 9.17) is 10.8 Å². The van der Waals surface area contributed by atoms with E-state index in [0.717, 1.165) is 5.56 Å². The molecule has 1 aromatic rings. The van der Waals surface area contributed by atoms with Crippen molar-refractivity contribution in [3.8, 4) is 0 Å². The first-order valence-electron chi connectivity index (χ1n) is 4.41. The minimum atomic E-state index is -0.952. The van der Waals surface area contributed by atoms with Crippen LogP contribution in [0.3, 0.4) is 0 Å². The number of rotatable bonds is 5. The Kier molecular flexibility index (Phi) is 3.82. The van der Waals surface area contributed by atoms with E-state index in [1.807, 2.05) is 0 Å². The maximum Gasteiger partial charge on any atom is 0.335 e. The van der Waals surface area contributed by atoms with E-state index >= 15 is 0 Å². The van der Waals surface area contributed by atoms with Crippen LogP contribution in [0.2, 0.25) is 0 Å². The number of hydrogen-bond donors (Lipinski definition) is 3. The number of primary amides is 1. The fraction of sp³-hybridized carbons (Fsp3) is 0.200. The van der Waals surface area contributed by atoms with Gasteiger partial charge in [0.1, 0.15) is 0 Å². The Hall–Kier alpha value is -1.88. The zero-order valence-corrected chi connectivity index (χ0v) is 8.06. The summed E-state index contributed by atoms with van der Waals surface area (Å²) in [6.45, 7) is 0.601.